The van der Waals surface area contributed by atoms with Crippen molar-refractivity contribution in [1.29, 1.82) is 0 Å². The zero-order chi connectivity index (χ0) is 18.8. The van der Waals surface area contributed by atoms with Crippen molar-refractivity contribution in [3.8, 4) is 0 Å². The molecule has 8 heteroatoms. The van der Waals surface area contributed by atoms with Gasteiger partial charge in [0, 0.05) is 13.1 Å². The van der Waals surface area contributed by atoms with E-state index in [2.05, 4.69) is 5.32 Å². The average molecular weight is 368 g/mol. The van der Waals surface area contributed by atoms with E-state index in [9.17, 15) is 18.0 Å². The highest BCUT2D eigenvalue weighted by atomic mass is 32.2. The van der Waals surface area contributed by atoms with E-state index in [-0.39, 0.29) is 5.91 Å². The number of hydrogen-bond donors (Lipinski definition) is 1. The molecule has 1 aromatic rings. The van der Waals surface area contributed by atoms with Crippen molar-refractivity contribution in [2.24, 2.45) is 5.92 Å². The Morgan fingerprint density at radius 2 is 1.96 bits per heavy atom. The van der Waals surface area contributed by atoms with E-state index in [0.717, 1.165) is 11.8 Å². The number of carbonyl (C=O) groups excluding carboxylic acids is 2. The van der Waals surface area contributed by atoms with Crippen LogP contribution >= 0.6 is 0 Å². The number of fused-ring (bicyclic) bond motifs is 1. The Labute approximate surface area is 148 Å². The highest BCUT2D eigenvalue weighted by Crippen LogP contribution is 2.30. The number of nitrogens with zero attached hydrogens (tertiary/aromatic N) is 1. The Morgan fingerprint density at radius 1 is 1.28 bits per heavy atom. The molecule has 0 saturated heterocycles. The Morgan fingerprint density at radius 3 is 2.56 bits per heavy atom. The van der Waals surface area contributed by atoms with Gasteiger partial charge in [0.2, 0.25) is 10.0 Å². The zero-order valence-corrected chi connectivity index (χ0v) is 15.7. The number of nitrogens with one attached hydrogen (secondary N) is 1. The number of hydrogen-bond acceptors (Lipinski definition) is 5. The van der Waals surface area contributed by atoms with Gasteiger partial charge in [0.25, 0.3) is 5.91 Å². The molecule has 7 nitrogen and oxygen atoms in total. The standard InChI is InChI=1S/C17H24N2O5S/c1-11(2)10-18-16(20)12(3)24-17(21)14-5-6-15-13(9-14)7-8-19(15)25(4,22)23/h5-6,9,11-12H,7-8,10H2,1-4H3,(H,18,20)/t12-/m0/s1. The SMILES string of the molecule is CC(C)CNC(=O)[C@H](C)OC(=O)c1ccc2c(c1)CCN2S(C)(=O)=O. The van der Waals surface area contributed by atoms with E-state index >= 15 is 0 Å². The van der Waals surface area contributed by atoms with Crippen LogP contribution in [0.2, 0.25) is 0 Å². The Kier molecular flexibility index (Phi) is 5.72. The molecule has 0 bridgehead atoms. The summed E-state index contributed by atoms with van der Waals surface area (Å²) in [5.41, 5.74) is 1.66. The molecule has 0 spiro atoms. The van der Waals surface area contributed by atoms with Crippen molar-refractivity contribution in [1.82, 2.24) is 5.32 Å². The van der Waals surface area contributed by atoms with Gasteiger partial charge in [-0.25, -0.2) is 13.2 Å². The minimum absolute atomic E-state index is 0.303. The number of carbonyl (C=O) groups is 2. The van der Waals surface area contributed by atoms with Gasteiger partial charge in [0.1, 0.15) is 0 Å². The maximum Gasteiger partial charge on any atom is 0.338 e. The van der Waals surface area contributed by atoms with Crippen molar-refractivity contribution in [3.05, 3.63) is 29.3 Å². The third-order valence-corrected chi connectivity index (χ3v) is 5.09. The van der Waals surface area contributed by atoms with Crippen molar-refractivity contribution < 1.29 is 22.7 Å². The van der Waals surface area contributed by atoms with Crippen molar-refractivity contribution >= 4 is 27.6 Å². The fourth-order valence-electron chi connectivity index (χ4n) is 2.57. The lowest BCUT2D eigenvalue weighted by Crippen LogP contribution is -2.37. The van der Waals surface area contributed by atoms with Crippen LogP contribution in [0.25, 0.3) is 0 Å². The average Bonchev–Trinajstić information content (AvgIpc) is 2.95. The minimum Gasteiger partial charge on any atom is -0.449 e. The molecule has 1 aliphatic heterocycles. The third-order valence-electron chi connectivity index (χ3n) is 3.91. The van der Waals surface area contributed by atoms with Gasteiger partial charge < -0.3 is 10.1 Å². The normalized spacial score (nSPS) is 15.0. The van der Waals surface area contributed by atoms with Crippen molar-refractivity contribution in [2.75, 3.05) is 23.7 Å². The first kappa shape index (κ1) is 19.2. The lowest BCUT2D eigenvalue weighted by atomic mass is 10.1. The third kappa shape index (κ3) is 4.72. The molecule has 0 unspecified atom stereocenters. The van der Waals surface area contributed by atoms with Gasteiger partial charge in [-0.15, -0.1) is 0 Å². The molecule has 1 N–H and O–H groups in total. The molecule has 138 valence electrons. The van der Waals surface area contributed by atoms with Crippen LogP contribution in [0.3, 0.4) is 0 Å². The Balaban J connectivity index is 2.05. The fourth-order valence-corrected chi connectivity index (χ4v) is 3.53. The first-order chi connectivity index (χ1) is 11.6. The number of rotatable bonds is 6. The minimum atomic E-state index is -3.33. The van der Waals surface area contributed by atoms with E-state index in [4.69, 9.17) is 4.74 Å². The van der Waals surface area contributed by atoms with Crippen molar-refractivity contribution in [2.45, 2.75) is 33.3 Å². The van der Waals surface area contributed by atoms with Gasteiger partial charge in [-0.3, -0.25) is 9.10 Å². The molecular formula is C17H24N2O5S. The van der Waals surface area contributed by atoms with E-state index in [1.807, 2.05) is 13.8 Å². The largest absolute Gasteiger partial charge is 0.449 e. The van der Waals surface area contributed by atoms with E-state index < -0.39 is 22.1 Å². The summed E-state index contributed by atoms with van der Waals surface area (Å²) in [7, 11) is -3.33. The first-order valence-corrected chi connectivity index (χ1v) is 10.0. The van der Waals surface area contributed by atoms with Crippen LogP contribution in [0, 0.1) is 5.92 Å². The maximum atomic E-state index is 12.2. The lowest BCUT2D eigenvalue weighted by molar-refractivity contribution is -0.129. The van der Waals surface area contributed by atoms with Gasteiger partial charge in [0.15, 0.2) is 6.10 Å². The quantitative estimate of drug-likeness (QED) is 0.765. The summed E-state index contributed by atoms with van der Waals surface area (Å²) in [6, 6.07) is 4.74. The summed E-state index contributed by atoms with van der Waals surface area (Å²) in [6.07, 6.45) is 0.794. The van der Waals surface area contributed by atoms with E-state index in [1.54, 1.807) is 12.1 Å². The smallest absolute Gasteiger partial charge is 0.338 e. The summed E-state index contributed by atoms with van der Waals surface area (Å²) >= 11 is 0. The van der Waals surface area contributed by atoms with Crippen LogP contribution in [0.15, 0.2) is 18.2 Å². The molecule has 1 amide bonds. The molecule has 0 aromatic heterocycles. The predicted octanol–water partition coefficient (Wildman–Crippen LogP) is 1.33. The molecule has 1 heterocycles. The van der Waals surface area contributed by atoms with Crippen LogP contribution in [-0.4, -0.2) is 45.7 Å². The number of ether oxygens (including phenoxy) is 1. The lowest BCUT2D eigenvalue weighted by Gasteiger charge is -2.17. The maximum absolute atomic E-state index is 12.2. The highest BCUT2D eigenvalue weighted by molar-refractivity contribution is 7.92. The zero-order valence-electron chi connectivity index (χ0n) is 14.9. The van der Waals surface area contributed by atoms with Crippen LogP contribution in [0.4, 0.5) is 5.69 Å². The monoisotopic (exact) mass is 368 g/mol. The van der Waals surface area contributed by atoms with E-state index in [1.165, 1.54) is 17.3 Å². The van der Waals surface area contributed by atoms with Crippen molar-refractivity contribution in [3.63, 3.8) is 0 Å². The summed E-state index contributed by atoms with van der Waals surface area (Å²) in [5.74, 6) is -0.638. The molecule has 0 saturated carbocycles. The van der Waals surface area contributed by atoms with Gasteiger partial charge in [-0.2, -0.15) is 0 Å². The van der Waals surface area contributed by atoms with Crippen LogP contribution < -0.4 is 9.62 Å². The number of sulfonamides is 1. The Bertz CT molecular complexity index is 773. The van der Waals surface area contributed by atoms with Gasteiger partial charge in [0.05, 0.1) is 17.5 Å². The Hall–Kier alpha value is -2.09. The van der Waals surface area contributed by atoms with Gasteiger partial charge in [-0.05, 0) is 43.0 Å². The summed E-state index contributed by atoms with van der Waals surface area (Å²) < 4.78 is 30.0. The van der Waals surface area contributed by atoms with Crippen LogP contribution in [0.5, 0.6) is 0 Å². The first-order valence-electron chi connectivity index (χ1n) is 8.19. The number of anilines is 1. The van der Waals surface area contributed by atoms with Gasteiger partial charge in [-0.1, -0.05) is 13.8 Å². The summed E-state index contributed by atoms with van der Waals surface area (Å²) in [4.78, 5) is 24.1. The second kappa shape index (κ2) is 7.43. The molecule has 2 rings (SSSR count). The molecule has 1 aliphatic rings. The second-order valence-electron chi connectivity index (χ2n) is 6.62. The highest BCUT2D eigenvalue weighted by Gasteiger charge is 2.27. The molecule has 1 aromatic carbocycles. The number of esters is 1. The molecule has 25 heavy (non-hydrogen) atoms. The topological polar surface area (TPSA) is 92.8 Å². The molecular weight excluding hydrogens is 344 g/mol. The second-order valence-corrected chi connectivity index (χ2v) is 8.52. The number of benzene rings is 1. The number of amides is 1. The summed E-state index contributed by atoms with van der Waals surface area (Å²) in [5, 5.41) is 2.71. The van der Waals surface area contributed by atoms with Crippen LogP contribution in [-0.2, 0) is 26.0 Å². The van der Waals surface area contributed by atoms with Gasteiger partial charge >= 0.3 is 5.97 Å². The van der Waals surface area contributed by atoms with E-state index in [0.29, 0.717) is 36.7 Å². The molecule has 0 radical (unpaired) electrons. The summed E-state index contributed by atoms with van der Waals surface area (Å²) in [6.45, 7) is 6.34. The molecule has 0 aliphatic carbocycles. The van der Waals surface area contributed by atoms with Crippen LogP contribution in [0.1, 0.15) is 36.7 Å². The molecule has 1 atom stereocenters. The predicted molar refractivity (Wildman–Crippen MR) is 95.1 cm³/mol. The fraction of sp³-hybridized carbons (Fsp3) is 0.529. The molecule has 0 fully saturated rings.